The Morgan fingerprint density at radius 2 is 1.54 bits per heavy atom. The summed E-state index contributed by atoms with van der Waals surface area (Å²) in [7, 11) is -0.200. The Labute approximate surface area is 245 Å². The number of amides is 2. The van der Waals surface area contributed by atoms with Gasteiger partial charge in [0.25, 0.3) is 10.0 Å². The predicted molar refractivity (Wildman–Crippen MR) is 157 cm³/mol. The van der Waals surface area contributed by atoms with E-state index in [1.54, 1.807) is 19.9 Å². The number of benzene rings is 3. The SMILES string of the molecule is CCNC(=O)[C@H](C)N(Cc1ccccc1)C(=O)CN(c1cc(Cl)ccc1OC)S(=O)(=O)c1ccc(OC)c(OC)c1. The van der Waals surface area contributed by atoms with Gasteiger partial charge in [0.15, 0.2) is 11.5 Å². The van der Waals surface area contributed by atoms with Crippen LogP contribution in [-0.2, 0) is 26.2 Å². The molecule has 41 heavy (non-hydrogen) atoms. The Morgan fingerprint density at radius 1 is 0.902 bits per heavy atom. The molecule has 0 radical (unpaired) electrons. The molecule has 0 saturated carbocycles. The molecule has 0 aliphatic rings. The van der Waals surface area contributed by atoms with E-state index in [1.165, 1.54) is 56.6 Å². The molecule has 3 aromatic rings. The van der Waals surface area contributed by atoms with Gasteiger partial charge in [-0.15, -0.1) is 0 Å². The van der Waals surface area contributed by atoms with E-state index in [9.17, 15) is 18.0 Å². The maximum atomic E-state index is 14.2. The quantitative estimate of drug-likeness (QED) is 0.313. The predicted octanol–water partition coefficient (Wildman–Crippen LogP) is 4.11. The van der Waals surface area contributed by atoms with Crippen LogP contribution in [-0.4, -0.2) is 65.6 Å². The standard InChI is InChI=1S/C29H34ClN3O7S/c1-6-31-29(35)20(2)32(18-21-10-8-7-9-11-21)28(34)19-33(24-16-22(30)12-14-25(24)38-3)41(36,37)23-13-15-26(39-4)27(17-23)40-5/h7-17,20H,6,18-19H2,1-5H3,(H,31,35)/t20-/m0/s1. The number of ether oxygens (including phenoxy) is 3. The van der Waals surface area contributed by atoms with Crippen molar-refractivity contribution in [1.29, 1.82) is 0 Å². The zero-order valence-corrected chi connectivity index (χ0v) is 25.2. The van der Waals surface area contributed by atoms with Crippen LogP contribution in [0, 0.1) is 0 Å². The number of nitrogens with zero attached hydrogens (tertiary/aromatic N) is 2. The van der Waals surface area contributed by atoms with Crippen molar-refractivity contribution in [2.75, 3.05) is 38.7 Å². The molecule has 1 atom stereocenters. The molecule has 12 heteroatoms. The van der Waals surface area contributed by atoms with E-state index in [4.69, 9.17) is 25.8 Å². The molecule has 0 unspecified atom stereocenters. The number of anilines is 1. The summed E-state index contributed by atoms with van der Waals surface area (Å²) in [4.78, 5) is 28.0. The first kappa shape index (κ1) is 31.6. The van der Waals surface area contributed by atoms with Gasteiger partial charge in [0, 0.05) is 24.2 Å². The average molecular weight is 604 g/mol. The minimum absolute atomic E-state index is 0.0495. The van der Waals surface area contributed by atoms with Gasteiger partial charge in [-0.05, 0) is 49.7 Å². The second-order valence-electron chi connectivity index (χ2n) is 8.92. The number of rotatable bonds is 13. The molecule has 0 fully saturated rings. The zero-order valence-electron chi connectivity index (χ0n) is 23.6. The number of sulfonamides is 1. The molecule has 0 bridgehead atoms. The van der Waals surface area contributed by atoms with Crippen LogP contribution in [0.5, 0.6) is 17.2 Å². The van der Waals surface area contributed by atoms with Crippen molar-refractivity contribution >= 4 is 39.1 Å². The third-order valence-corrected chi connectivity index (χ3v) is 8.34. The van der Waals surface area contributed by atoms with Gasteiger partial charge in [-0.2, -0.15) is 0 Å². The molecule has 0 aromatic heterocycles. The van der Waals surface area contributed by atoms with Crippen molar-refractivity contribution in [3.05, 3.63) is 77.3 Å². The maximum Gasteiger partial charge on any atom is 0.265 e. The van der Waals surface area contributed by atoms with Gasteiger partial charge in [-0.3, -0.25) is 13.9 Å². The van der Waals surface area contributed by atoms with Crippen LogP contribution in [0.4, 0.5) is 5.69 Å². The number of likely N-dealkylation sites (N-methyl/N-ethyl adjacent to an activating group) is 1. The summed E-state index contributed by atoms with van der Waals surface area (Å²) in [6.45, 7) is 3.17. The summed E-state index contributed by atoms with van der Waals surface area (Å²) in [5, 5.41) is 2.96. The van der Waals surface area contributed by atoms with Crippen LogP contribution in [0.25, 0.3) is 0 Å². The fourth-order valence-electron chi connectivity index (χ4n) is 4.16. The Balaban J connectivity index is 2.14. The lowest BCUT2D eigenvalue weighted by Crippen LogP contribution is -2.51. The normalized spacial score (nSPS) is 11.8. The Bertz CT molecular complexity index is 1470. The van der Waals surface area contributed by atoms with E-state index in [-0.39, 0.29) is 39.6 Å². The molecule has 2 amide bonds. The van der Waals surface area contributed by atoms with E-state index in [2.05, 4.69) is 5.32 Å². The minimum Gasteiger partial charge on any atom is -0.495 e. The van der Waals surface area contributed by atoms with Crippen molar-refractivity contribution in [3.63, 3.8) is 0 Å². The minimum atomic E-state index is -4.41. The molecule has 0 spiro atoms. The highest BCUT2D eigenvalue weighted by atomic mass is 35.5. The van der Waals surface area contributed by atoms with E-state index in [0.717, 1.165) is 9.87 Å². The number of hydrogen-bond acceptors (Lipinski definition) is 7. The molecule has 3 rings (SSSR count). The first-order chi connectivity index (χ1) is 19.6. The van der Waals surface area contributed by atoms with Gasteiger partial charge in [0.2, 0.25) is 11.8 Å². The van der Waals surface area contributed by atoms with E-state index in [1.807, 2.05) is 30.3 Å². The molecule has 0 heterocycles. The highest BCUT2D eigenvalue weighted by molar-refractivity contribution is 7.92. The van der Waals surface area contributed by atoms with E-state index < -0.39 is 28.5 Å². The summed E-state index contributed by atoms with van der Waals surface area (Å²) >= 11 is 6.27. The van der Waals surface area contributed by atoms with Crippen LogP contribution in [0.1, 0.15) is 19.4 Å². The fourth-order valence-corrected chi connectivity index (χ4v) is 5.76. The number of methoxy groups -OCH3 is 3. The van der Waals surface area contributed by atoms with Crippen LogP contribution < -0.4 is 23.8 Å². The van der Waals surface area contributed by atoms with Crippen LogP contribution in [0.2, 0.25) is 5.02 Å². The average Bonchev–Trinajstić information content (AvgIpc) is 2.98. The van der Waals surface area contributed by atoms with Crippen molar-refractivity contribution in [2.24, 2.45) is 0 Å². The third kappa shape index (κ3) is 7.42. The Kier molecular flexibility index (Phi) is 10.8. The molecule has 0 aliphatic carbocycles. The number of halogens is 1. The number of hydrogen-bond donors (Lipinski definition) is 1. The fraction of sp³-hybridized carbons (Fsp3) is 0.310. The number of nitrogens with one attached hydrogen (secondary N) is 1. The van der Waals surface area contributed by atoms with Crippen molar-refractivity contribution < 1.29 is 32.2 Å². The maximum absolute atomic E-state index is 14.2. The highest BCUT2D eigenvalue weighted by Gasteiger charge is 2.34. The first-order valence-electron chi connectivity index (χ1n) is 12.8. The number of carbonyl (C=O) groups is 2. The van der Waals surface area contributed by atoms with Gasteiger partial charge in [0.1, 0.15) is 18.3 Å². The van der Waals surface area contributed by atoms with Crippen LogP contribution >= 0.6 is 11.6 Å². The largest absolute Gasteiger partial charge is 0.495 e. The van der Waals surface area contributed by atoms with E-state index >= 15 is 0 Å². The second kappa shape index (κ2) is 14.1. The van der Waals surface area contributed by atoms with Crippen LogP contribution in [0.15, 0.2) is 71.6 Å². The summed E-state index contributed by atoms with van der Waals surface area (Å²) in [5.41, 5.74) is 0.820. The lowest BCUT2D eigenvalue weighted by molar-refractivity contribution is -0.139. The lowest BCUT2D eigenvalue weighted by Gasteiger charge is -2.32. The van der Waals surface area contributed by atoms with Gasteiger partial charge in [-0.25, -0.2) is 8.42 Å². The van der Waals surface area contributed by atoms with Crippen molar-refractivity contribution in [1.82, 2.24) is 10.2 Å². The molecular formula is C29H34ClN3O7S. The Morgan fingerprint density at radius 3 is 2.15 bits per heavy atom. The highest BCUT2D eigenvalue weighted by Crippen LogP contribution is 2.37. The summed E-state index contributed by atoms with van der Waals surface area (Å²) in [6, 6.07) is 16.8. The monoisotopic (exact) mass is 603 g/mol. The molecule has 220 valence electrons. The molecule has 0 aliphatic heterocycles. The van der Waals surface area contributed by atoms with E-state index in [0.29, 0.717) is 12.3 Å². The summed E-state index contributed by atoms with van der Waals surface area (Å²) in [6.07, 6.45) is 0. The summed E-state index contributed by atoms with van der Waals surface area (Å²) < 4.78 is 45.3. The molecule has 1 N–H and O–H groups in total. The number of carbonyl (C=O) groups excluding carboxylic acids is 2. The lowest BCUT2D eigenvalue weighted by atomic mass is 10.1. The van der Waals surface area contributed by atoms with Gasteiger partial charge in [-0.1, -0.05) is 41.9 Å². The third-order valence-electron chi connectivity index (χ3n) is 6.35. The Hall–Kier alpha value is -3.96. The van der Waals surface area contributed by atoms with Crippen molar-refractivity contribution in [3.8, 4) is 17.2 Å². The van der Waals surface area contributed by atoms with Crippen molar-refractivity contribution in [2.45, 2.75) is 31.3 Å². The second-order valence-corrected chi connectivity index (χ2v) is 11.2. The summed E-state index contributed by atoms with van der Waals surface area (Å²) in [5.74, 6) is -0.282. The van der Waals surface area contributed by atoms with Gasteiger partial charge < -0.3 is 24.4 Å². The topological polar surface area (TPSA) is 114 Å². The molecule has 3 aromatic carbocycles. The zero-order chi connectivity index (χ0) is 30.2. The van der Waals surface area contributed by atoms with Gasteiger partial charge in [0.05, 0.1) is 31.9 Å². The molecule has 10 nitrogen and oxygen atoms in total. The van der Waals surface area contributed by atoms with Gasteiger partial charge >= 0.3 is 0 Å². The molecular weight excluding hydrogens is 570 g/mol. The smallest absolute Gasteiger partial charge is 0.265 e. The first-order valence-corrected chi connectivity index (χ1v) is 14.6. The molecule has 0 saturated heterocycles. The van der Waals surface area contributed by atoms with Crippen LogP contribution in [0.3, 0.4) is 0 Å².